The average Bonchev–Trinajstić information content (AvgIpc) is 2.99. The lowest BCUT2D eigenvalue weighted by atomic mass is 10.1. The highest BCUT2D eigenvalue weighted by molar-refractivity contribution is 9.10. The second-order valence-electron chi connectivity index (χ2n) is 5.13. The molecule has 1 aromatic heterocycles. The number of carbonyl (C=O) groups is 2. The first-order valence-electron chi connectivity index (χ1n) is 7.13. The number of nitrogens with one attached hydrogen (secondary N) is 1. The van der Waals surface area contributed by atoms with Crippen molar-refractivity contribution in [1.82, 2.24) is 0 Å². The molecule has 0 radical (unpaired) electrons. The minimum absolute atomic E-state index is 0.0535. The smallest absolute Gasteiger partial charge is 0.339 e. The molecule has 0 aliphatic rings. The Morgan fingerprint density at radius 3 is 2.48 bits per heavy atom. The number of aromatic carboxylic acids is 1. The zero-order chi connectivity index (χ0) is 18.0. The molecule has 126 valence electrons. The SMILES string of the molecule is O=C(Nc1csc(-c2cccc(Cl)c2)c1C(=O)O)c1ccc(Br)cc1. The van der Waals surface area contributed by atoms with Crippen molar-refractivity contribution in [2.75, 3.05) is 5.32 Å². The molecule has 0 saturated carbocycles. The van der Waals surface area contributed by atoms with Gasteiger partial charge in [0.2, 0.25) is 0 Å². The molecule has 0 unspecified atom stereocenters. The van der Waals surface area contributed by atoms with Gasteiger partial charge in [-0.15, -0.1) is 11.3 Å². The molecule has 7 heteroatoms. The quantitative estimate of drug-likeness (QED) is 0.544. The molecule has 2 aromatic carbocycles. The third-order valence-electron chi connectivity index (χ3n) is 3.45. The van der Waals surface area contributed by atoms with Gasteiger partial charge in [-0.05, 0) is 42.0 Å². The van der Waals surface area contributed by atoms with E-state index in [1.54, 1.807) is 53.9 Å². The van der Waals surface area contributed by atoms with Crippen LogP contribution in [0.2, 0.25) is 5.02 Å². The summed E-state index contributed by atoms with van der Waals surface area (Å²) >= 11 is 10.5. The van der Waals surface area contributed by atoms with E-state index in [1.807, 2.05) is 0 Å². The number of thiophene rings is 1. The maximum Gasteiger partial charge on any atom is 0.339 e. The number of rotatable bonds is 4. The van der Waals surface area contributed by atoms with Gasteiger partial charge in [-0.1, -0.05) is 39.7 Å². The highest BCUT2D eigenvalue weighted by Gasteiger charge is 2.21. The lowest BCUT2D eigenvalue weighted by Crippen LogP contribution is -2.13. The van der Waals surface area contributed by atoms with Gasteiger partial charge in [0.15, 0.2) is 0 Å². The van der Waals surface area contributed by atoms with Crippen molar-refractivity contribution in [1.29, 1.82) is 0 Å². The van der Waals surface area contributed by atoms with Crippen LogP contribution in [0, 0.1) is 0 Å². The summed E-state index contributed by atoms with van der Waals surface area (Å²) in [5, 5.41) is 14.4. The Bertz CT molecular complexity index is 953. The summed E-state index contributed by atoms with van der Waals surface area (Å²) in [6, 6.07) is 13.8. The molecule has 0 atom stereocenters. The van der Waals surface area contributed by atoms with Crippen LogP contribution in [0.15, 0.2) is 58.4 Å². The second kappa shape index (κ2) is 7.39. The van der Waals surface area contributed by atoms with E-state index in [1.165, 1.54) is 11.3 Å². The highest BCUT2D eigenvalue weighted by Crippen LogP contribution is 2.37. The summed E-state index contributed by atoms with van der Waals surface area (Å²) in [7, 11) is 0. The lowest BCUT2D eigenvalue weighted by Gasteiger charge is -2.07. The molecule has 1 heterocycles. The van der Waals surface area contributed by atoms with Gasteiger partial charge < -0.3 is 10.4 Å². The Hall–Kier alpha value is -2.15. The van der Waals surface area contributed by atoms with E-state index in [9.17, 15) is 14.7 Å². The van der Waals surface area contributed by atoms with Gasteiger partial charge in [-0.25, -0.2) is 4.79 Å². The van der Waals surface area contributed by atoms with Gasteiger partial charge in [0.05, 0.1) is 10.6 Å². The van der Waals surface area contributed by atoms with Crippen LogP contribution < -0.4 is 5.32 Å². The first kappa shape index (κ1) is 17.7. The molecule has 0 bridgehead atoms. The largest absolute Gasteiger partial charge is 0.478 e. The summed E-state index contributed by atoms with van der Waals surface area (Å²) < 4.78 is 0.856. The number of carbonyl (C=O) groups excluding carboxylic acids is 1. The molecule has 1 amide bonds. The first-order valence-corrected chi connectivity index (χ1v) is 9.18. The van der Waals surface area contributed by atoms with Crippen molar-refractivity contribution in [2.24, 2.45) is 0 Å². The Morgan fingerprint density at radius 1 is 1.12 bits per heavy atom. The van der Waals surface area contributed by atoms with Crippen LogP contribution >= 0.6 is 38.9 Å². The summed E-state index contributed by atoms with van der Waals surface area (Å²) in [6.07, 6.45) is 0. The molecule has 3 aromatic rings. The fourth-order valence-corrected chi connectivity index (χ4v) is 3.75. The van der Waals surface area contributed by atoms with Crippen molar-refractivity contribution in [3.05, 3.63) is 74.5 Å². The fraction of sp³-hybridized carbons (Fsp3) is 0. The average molecular weight is 437 g/mol. The van der Waals surface area contributed by atoms with Crippen LogP contribution in [0.5, 0.6) is 0 Å². The van der Waals surface area contributed by atoms with Crippen molar-refractivity contribution in [3.63, 3.8) is 0 Å². The van der Waals surface area contributed by atoms with Crippen molar-refractivity contribution < 1.29 is 14.7 Å². The van der Waals surface area contributed by atoms with Crippen LogP contribution in [-0.2, 0) is 0 Å². The van der Waals surface area contributed by atoms with E-state index in [4.69, 9.17) is 11.6 Å². The molecule has 0 spiro atoms. The van der Waals surface area contributed by atoms with E-state index < -0.39 is 5.97 Å². The predicted molar refractivity (Wildman–Crippen MR) is 104 cm³/mol. The standard InChI is InChI=1S/C18H11BrClNO3S/c19-12-6-4-10(5-7-12)17(22)21-14-9-25-16(15(14)18(23)24)11-2-1-3-13(20)8-11/h1-9H,(H,21,22)(H,23,24). The molecular weight excluding hydrogens is 426 g/mol. The zero-order valence-corrected chi connectivity index (χ0v) is 15.8. The van der Waals surface area contributed by atoms with E-state index in [2.05, 4.69) is 21.2 Å². The van der Waals surface area contributed by atoms with Crippen LogP contribution in [0.1, 0.15) is 20.7 Å². The van der Waals surface area contributed by atoms with Crippen LogP contribution in [0.4, 0.5) is 5.69 Å². The van der Waals surface area contributed by atoms with Crippen LogP contribution in [0.25, 0.3) is 10.4 Å². The number of carboxylic acid groups (broad SMARTS) is 1. The molecule has 0 aliphatic carbocycles. The van der Waals surface area contributed by atoms with Gasteiger partial charge in [0.25, 0.3) is 5.91 Å². The molecular formula is C18H11BrClNO3S. The Balaban J connectivity index is 1.96. The van der Waals surface area contributed by atoms with Gasteiger partial charge in [-0.3, -0.25) is 4.79 Å². The third-order valence-corrected chi connectivity index (χ3v) is 5.24. The van der Waals surface area contributed by atoms with E-state index in [0.717, 1.165) is 4.47 Å². The lowest BCUT2D eigenvalue weighted by molar-refractivity contribution is 0.0699. The van der Waals surface area contributed by atoms with Crippen LogP contribution in [-0.4, -0.2) is 17.0 Å². The third kappa shape index (κ3) is 3.92. The summed E-state index contributed by atoms with van der Waals surface area (Å²) in [5.41, 5.74) is 1.45. The number of hydrogen-bond acceptors (Lipinski definition) is 3. The fourth-order valence-electron chi connectivity index (χ4n) is 2.30. The van der Waals surface area contributed by atoms with Crippen molar-refractivity contribution in [3.8, 4) is 10.4 Å². The second-order valence-corrected chi connectivity index (χ2v) is 7.36. The highest BCUT2D eigenvalue weighted by atomic mass is 79.9. The van der Waals surface area contributed by atoms with E-state index in [0.29, 0.717) is 21.0 Å². The molecule has 4 nitrogen and oxygen atoms in total. The monoisotopic (exact) mass is 435 g/mol. The summed E-state index contributed by atoms with van der Waals surface area (Å²) in [5.74, 6) is -1.48. The number of benzene rings is 2. The normalized spacial score (nSPS) is 10.5. The number of halogens is 2. The predicted octanol–water partition coefficient (Wildman–Crippen LogP) is 5.78. The summed E-state index contributed by atoms with van der Waals surface area (Å²) in [6.45, 7) is 0. The number of hydrogen-bond donors (Lipinski definition) is 2. The molecule has 3 rings (SSSR count). The van der Waals surface area contributed by atoms with E-state index >= 15 is 0 Å². The Morgan fingerprint density at radius 2 is 1.84 bits per heavy atom. The van der Waals surface area contributed by atoms with Gasteiger partial charge in [0.1, 0.15) is 5.56 Å². The number of carboxylic acids is 1. The summed E-state index contributed by atoms with van der Waals surface area (Å²) in [4.78, 5) is 24.6. The Labute approximate surface area is 161 Å². The van der Waals surface area contributed by atoms with Gasteiger partial charge in [-0.2, -0.15) is 0 Å². The minimum atomic E-state index is -1.11. The molecule has 0 saturated heterocycles. The topological polar surface area (TPSA) is 66.4 Å². The zero-order valence-electron chi connectivity index (χ0n) is 12.6. The molecule has 0 fully saturated rings. The first-order chi connectivity index (χ1) is 12.0. The van der Waals surface area contributed by atoms with Gasteiger partial charge >= 0.3 is 5.97 Å². The van der Waals surface area contributed by atoms with E-state index in [-0.39, 0.29) is 17.2 Å². The van der Waals surface area contributed by atoms with Gasteiger partial charge in [0, 0.05) is 20.4 Å². The number of amides is 1. The number of anilines is 1. The van der Waals surface area contributed by atoms with Crippen molar-refractivity contribution >= 4 is 56.4 Å². The maximum atomic E-state index is 12.4. The van der Waals surface area contributed by atoms with Crippen LogP contribution in [0.3, 0.4) is 0 Å². The molecule has 0 aliphatic heterocycles. The molecule has 25 heavy (non-hydrogen) atoms. The Kier molecular flexibility index (Phi) is 5.22. The maximum absolute atomic E-state index is 12.4. The minimum Gasteiger partial charge on any atom is -0.478 e. The molecule has 2 N–H and O–H groups in total. The van der Waals surface area contributed by atoms with Crippen molar-refractivity contribution in [2.45, 2.75) is 0 Å².